The van der Waals surface area contributed by atoms with Crippen molar-refractivity contribution >= 4 is 5.97 Å². The van der Waals surface area contributed by atoms with Gasteiger partial charge < -0.3 is 10.2 Å². The third kappa shape index (κ3) is 4.57. The summed E-state index contributed by atoms with van der Waals surface area (Å²) in [6.07, 6.45) is 0.586. The second kappa shape index (κ2) is 9.11. The van der Waals surface area contributed by atoms with Crippen LogP contribution < -0.4 is 0 Å². The van der Waals surface area contributed by atoms with Gasteiger partial charge in [-0.05, 0) is 48.6 Å². The maximum absolute atomic E-state index is 12.0. The summed E-state index contributed by atoms with van der Waals surface area (Å²) >= 11 is 0. The molecule has 2 N–H and O–H groups in total. The number of phenols is 1. The molecule has 0 fully saturated rings. The fraction of sp³-hybridized carbons (Fsp3) is 0.138. The first-order chi connectivity index (χ1) is 15.4. The van der Waals surface area contributed by atoms with Crippen LogP contribution in [-0.2, 0) is 6.42 Å². The van der Waals surface area contributed by atoms with E-state index in [4.69, 9.17) is 0 Å². The van der Waals surface area contributed by atoms with Gasteiger partial charge in [-0.15, -0.1) is 0 Å². The summed E-state index contributed by atoms with van der Waals surface area (Å²) in [4.78, 5) is 12.0. The highest BCUT2D eigenvalue weighted by Crippen LogP contribution is 2.39. The lowest BCUT2D eigenvalue weighted by molar-refractivity contribution is 0.0693. The van der Waals surface area contributed by atoms with Gasteiger partial charge in [-0.2, -0.15) is 0 Å². The summed E-state index contributed by atoms with van der Waals surface area (Å²) in [6.45, 7) is 4.07. The number of hydrogen-bond donors (Lipinski definition) is 2. The van der Waals surface area contributed by atoms with Crippen LogP contribution in [0.1, 0.15) is 55.2 Å². The van der Waals surface area contributed by atoms with E-state index in [1.165, 1.54) is 0 Å². The van der Waals surface area contributed by atoms with Crippen LogP contribution in [0.25, 0.3) is 0 Å². The van der Waals surface area contributed by atoms with E-state index in [9.17, 15) is 15.0 Å². The Bertz CT molecular complexity index is 1180. The van der Waals surface area contributed by atoms with Crippen LogP contribution in [0.4, 0.5) is 0 Å². The normalized spacial score (nSPS) is 11.0. The second-order valence-electron chi connectivity index (χ2n) is 8.30. The van der Waals surface area contributed by atoms with Gasteiger partial charge in [-0.25, -0.2) is 4.79 Å². The molecule has 0 saturated heterocycles. The molecule has 4 aromatic rings. The van der Waals surface area contributed by atoms with Crippen molar-refractivity contribution in [3.05, 3.63) is 136 Å². The van der Waals surface area contributed by atoms with Crippen molar-refractivity contribution in [2.24, 2.45) is 0 Å². The van der Waals surface area contributed by atoms with E-state index in [-0.39, 0.29) is 17.2 Å². The van der Waals surface area contributed by atoms with E-state index >= 15 is 0 Å². The summed E-state index contributed by atoms with van der Waals surface area (Å²) < 4.78 is 0. The number of aromatic carboxylic acids is 1. The molecule has 0 heterocycles. The number of carboxylic acids is 1. The van der Waals surface area contributed by atoms with Crippen molar-refractivity contribution in [2.75, 3.05) is 0 Å². The molecule has 4 aromatic carbocycles. The molecule has 0 aliphatic carbocycles. The lowest BCUT2D eigenvalue weighted by atomic mass is 9.82. The molecule has 0 amide bonds. The van der Waals surface area contributed by atoms with Gasteiger partial charge in [0.05, 0.1) is 0 Å². The van der Waals surface area contributed by atoms with Crippen LogP contribution in [0.5, 0.6) is 5.75 Å². The quantitative estimate of drug-likeness (QED) is 0.350. The van der Waals surface area contributed by atoms with E-state index in [1.807, 2.05) is 98.8 Å². The second-order valence-corrected chi connectivity index (χ2v) is 8.30. The van der Waals surface area contributed by atoms with E-state index in [0.717, 1.165) is 33.4 Å². The van der Waals surface area contributed by atoms with Crippen molar-refractivity contribution in [3.63, 3.8) is 0 Å². The molecule has 0 saturated carbocycles. The maximum Gasteiger partial charge on any atom is 0.339 e. The van der Waals surface area contributed by atoms with Crippen molar-refractivity contribution < 1.29 is 15.0 Å². The molecule has 0 spiro atoms. The number of hydrogen-bond acceptors (Lipinski definition) is 2. The number of carbonyl (C=O) groups is 1. The van der Waals surface area contributed by atoms with Crippen molar-refractivity contribution in [1.29, 1.82) is 0 Å². The van der Waals surface area contributed by atoms with Gasteiger partial charge in [0, 0.05) is 11.5 Å². The molecule has 0 atom stereocenters. The fourth-order valence-electron chi connectivity index (χ4n) is 4.11. The van der Waals surface area contributed by atoms with Crippen LogP contribution in [0.15, 0.2) is 91.0 Å². The number of aryl methyl sites for hydroxylation is 2. The predicted octanol–water partition coefficient (Wildman–Crippen LogP) is 6.48. The Labute approximate surface area is 188 Å². The zero-order valence-corrected chi connectivity index (χ0v) is 18.2. The average Bonchev–Trinajstić information content (AvgIpc) is 2.79. The van der Waals surface area contributed by atoms with Crippen LogP contribution in [0.2, 0.25) is 0 Å². The molecule has 32 heavy (non-hydrogen) atoms. The molecule has 0 radical (unpaired) electrons. The predicted molar refractivity (Wildman–Crippen MR) is 128 cm³/mol. The first-order valence-electron chi connectivity index (χ1n) is 10.7. The Balaban J connectivity index is 1.91. The highest BCUT2D eigenvalue weighted by Gasteiger charge is 2.25. The maximum atomic E-state index is 12.0. The highest BCUT2D eigenvalue weighted by molar-refractivity contribution is 5.92. The zero-order chi connectivity index (χ0) is 22.7. The molecule has 0 aliphatic heterocycles. The van der Waals surface area contributed by atoms with E-state index in [2.05, 4.69) is 0 Å². The topological polar surface area (TPSA) is 57.5 Å². The van der Waals surface area contributed by atoms with Crippen LogP contribution in [0, 0.1) is 13.8 Å². The number of carboxylic acid groups (broad SMARTS) is 1. The molecule has 0 aliphatic rings. The van der Waals surface area contributed by atoms with Gasteiger partial charge in [0.25, 0.3) is 0 Å². The molecular weight excluding hydrogens is 396 g/mol. The summed E-state index contributed by atoms with van der Waals surface area (Å²) in [5.41, 5.74) is 6.76. The smallest absolute Gasteiger partial charge is 0.339 e. The minimum atomic E-state index is -1.13. The molecular formula is C29H26O3. The summed E-state index contributed by atoms with van der Waals surface area (Å²) in [5, 5.41) is 20.9. The van der Waals surface area contributed by atoms with Gasteiger partial charge in [0.1, 0.15) is 11.3 Å². The monoisotopic (exact) mass is 422 g/mol. The highest BCUT2D eigenvalue weighted by atomic mass is 16.4. The largest absolute Gasteiger partial charge is 0.507 e. The van der Waals surface area contributed by atoms with Gasteiger partial charge in [0.15, 0.2) is 0 Å². The number of benzene rings is 4. The van der Waals surface area contributed by atoms with Crippen molar-refractivity contribution in [3.8, 4) is 5.75 Å². The standard InChI is InChI=1S/C29H26O3/c1-19-8-12-23(13-9-19)27(24-14-10-20(2)11-15-24)25-17-22(16-21-6-4-3-5-7-21)18-26(28(25)30)29(31)32/h3-15,17-18,27,30H,16H2,1-2H3,(H,31,32). The lowest BCUT2D eigenvalue weighted by Crippen LogP contribution is -2.08. The van der Waals surface area contributed by atoms with Gasteiger partial charge in [-0.1, -0.05) is 96.1 Å². The summed E-state index contributed by atoms with van der Waals surface area (Å²) in [7, 11) is 0. The minimum Gasteiger partial charge on any atom is -0.507 e. The number of rotatable bonds is 6. The Hall–Kier alpha value is -3.85. The molecule has 0 bridgehead atoms. The van der Waals surface area contributed by atoms with Gasteiger partial charge in [0.2, 0.25) is 0 Å². The van der Waals surface area contributed by atoms with Gasteiger partial charge >= 0.3 is 5.97 Å². The minimum absolute atomic E-state index is 0.0716. The van der Waals surface area contributed by atoms with Crippen molar-refractivity contribution in [2.45, 2.75) is 26.2 Å². The van der Waals surface area contributed by atoms with E-state index < -0.39 is 5.97 Å². The van der Waals surface area contributed by atoms with E-state index in [0.29, 0.717) is 12.0 Å². The first-order valence-corrected chi connectivity index (χ1v) is 10.7. The average molecular weight is 423 g/mol. The van der Waals surface area contributed by atoms with E-state index in [1.54, 1.807) is 6.07 Å². The lowest BCUT2D eigenvalue weighted by Gasteiger charge is -2.22. The first kappa shape index (κ1) is 21.4. The molecule has 160 valence electrons. The Morgan fingerprint density at radius 3 is 1.78 bits per heavy atom. The molecule has 3 nitrogen and oxygen atoms in total. The van der Waals surface area contributed by atoms with Crippen LogP contribution in [-0.4, -0.2) is 16.2 Å². The Morgan fingerprint density at radius 2 is 1.28 bits per heavy atom. The third-order valence-electron chi connectivity index (χ3n) is 5.81. The molecule has 4 rings (SSSR count). The summed E-state index contributed by atoms with van der Waals surface area (Å²) in [6, 6.07) is 29.8. The Morgan fingerprint density at radius 1 is 0.750 bits per heavy atom. The SMILES string of the molecule is Cc1ccc(C(c2ccc(C)cc2)c2cc(Cc3ccccc3)cc(C(=O)O)c2O)cc1. The molecule has 0 unspecified atom stereocenters. The van der Waals surface area contributed by atoms with Crippen LogP contribution in [0.3, 0.4) is 0 Å². The zero-order valence-electron chi connectivity index (χ0n) is 18.2. The molecule has 0 aromatic heterocycles. The van der Waals surface area contributed by atoms with Crippen molar-refractivity contribution in [1.82, 2.24) is 0 Å². The van der Waals surface area contributed by atoms with Gasteiger partial charge in [-0.3, -0.25) is 0 Å². The summed E-state index contributed by atoms with van der Waals surface area (Å²) in [5.74, 6) is -1.60. The molecule has 3 heteroatoms. The third-order valence-corrected chi connectivity index (χ3v) is 5.81. The number of aromatic hydroxyl groups is 1. The Kier molecular flexibility index (Phi) is 6.09. The van der Waals surface area contributed by atoms with Crippen LogP contribution >= 0.6 is 0 Å². The fourth-order valence-corrected chi connectivity index (χ4v) is 4.11.